The van der Waals surface area contributed by atoms with Crippen LogP contribution in [0, 0.1) is 0 Å². The smallest absolute Gasteiger partial charge is 0.181 e. The highest BCUT2D eigenvalue weighted by Gasteiger charge is 2.26. The summed E-state index contributed by atoms with van der Waals surface area (Å²) in [5.74, 6) is 0. The zero-order valence-corrected chi connectivity index (χ0v) is 16.2. The van der Waals surface area contributed by atoms with E-state index in [0.717, 1.165) is 17.5 Å². The van der Waals surface area contributed by atoms with Crippen LogP contribution in [0.2, 0.25) is 0 Å². The SMILES string of the molecule is CC(C)(C)c1cc(CC(C)(C)c2ccn3ccccc23)cc2ocnc12. The molecule has 0 radical (unpaired) electrons. The fourth-order valence-corrected chi connectivity index (χ4v) is 3.93. The van der Waals surface area contributed by atoms with Gasteiger partial charge in [0.1, 0.15) is 5.52 Å². The minimum Gasteiger partial charge on any atom is -0.443 e. The molecular weight excluding hydrogens is 320 g/mol. The van der Waals surface area contributed by atoms with E-state index in [1.54, 1.807) is 6.39 Å². The van der Waals surface area contributed by atoms with E-state index in [1.807, 2.05) is 0 Å². The molecule has 4 rings (SSSR count). The van der Waals surface area contributed by atoms with Crippen LogP contribution in [0.3, 0.4) is 0 Å². The van der Waals surface area contributed by atoms with E-state index < -0.39 is 0 Å². The summed E-state index contributed by atoms with van der Waals surface area (Å²) in [6, 6.07) is 13.1. The van der Waals surface area contributed by atoms with Gasteiger partial charge in [-0.05, 0) is 58.2 Å². The van der Waals surface area contributed by atoms with Crippen molar-refractivity contribution < 1.29 is 4.42 Å². The number of hydrogen-bond acceptors (Lipinski definition) is 2. The number of hydrogen-bond donors (Lipinski definition) is 0. The van der Waals surface area contributed by atoms with E-state index >= 15 is 0 Å². The van der Waals surface area contributed by atoms with Gasteiger partial charge >= 0.3 is 0 Å². The summed E-state index contributed by atoms with van der Waals surface area (Å²) in [7, 11) is 0. The third-order valence-electron chi connectivity index (χ3n) is 5.25. The van der Waals surface area contributed by atoms with E-state index in [4.69, 9.17) is 4.42 Å². The Morgan fingerprint density at radius 2 is 1.77 bits per heavy atom. The Hall–Kier alpha value is -2.55. The summed E-state index contributed by atoms with van der Waals surface area (Å²) < 4.78 is 7.85. The van der Waals surface area contributed by atoms with Crippen molar-refractivity contribution in [3.63, 3.8) is 0 Å². The van der Waals surface area contributed by atoms with Gasteiger partial charge in [-0.15, -0.1) is 0 Å². The predicted octanol–water partition coefficient (Wildman–Crippen LogP) is 5.90. The van der Waals surface area contributed by atoms with Crippen molar-refractivity contribution in [2.24, 2.45) is 0 Å². The van der Waals surface area contributed by atoms with Crippen molar-refractivity contribution in [2.45, 2.75) is 51.9 Å². The third kappa shape index (κ3) is 2.82. The van der Waals surface area contributed by atoms with E-state index in [2.05, 4.69) is 92.8 Å². The van der Waals surface area contributed by atoms with Gasteiger partial charge in [0.05, 0.1) is 0 Å². The number of oxazole rings is 1. The Bertz CT molecular complexity index is 1080. The van der Waals surface area contributed by atoms with Crippen molar-refractivity contribution in [1.29, 1.82) is 0 Å². The Morgan fingerprint density at radius 1 is 0.962 bits per heavy atom. The first-order valence-corrected chi connectivity index (χ1v) is 9.18. The Labute approximate surface area is 154 Å². The maximum atomic E-state index is 5.65. The summed E-state index contributed by atoms with van der Waals surface area (Å²) in [6.45, 7) is 11.3. The van der Waals surface area contributed by atoms with Gasteiger partial charge in [-0.1, -0.05) is 46.8 Å². The monoisotopic (exact) mass is 346 g/mol. The number of pyridine rings is 1. The lowest BCUT2D eigenvalue weighted by Gasteiger charge is -2.26. The number of fused-ring (bicyclic) bond motifs is 2. The first-order chi connectivity index (χ1) is 12.3. The summed E-state index contributed by atoms with van der Waals surface area (Å²) in [5, 5.41) is 0. The number of rotatable bonds is 3. The van der Waals surface area contributed by atoms with Gasteiger partial charge in [0.25, 0.3) is 0 Å². The van der Waals surface area contributed by atoms with Gasteiger partial charge in [-0.2, -0.15) is 0 Å². The van der Waals surface area contributed by atoms with Crippen LogP contribution in [-0.4, -0.2) is 9.38 Å². The van der Waals surface area contributed by atoms with E-state index in [1.165, 1.54) is 22.2 Å². The molecule has 3 heterocycles. The highest BCUT2D eigenvalue weighted by atomic mass is 16.3. The summed E-state index contributed by atoms with van der Waals surface area (Å²) in [4.78, 5) is 4.44. The van der Waals surface area contributed by atoms with Crippen LogP contribution < -0.4 is 0 Å². The lowest BCUT2D eigenvalue weighted by molar-refractivity contribution is 0.524. The van der Waals surface area contributed by atoms with Crippen molar-refractivity contribution in [2.75, 3.05) is 0 Å². The number of benzene rings is 1. The van der Waals surface area contributed by atoms with Crippen molar-refractivity contribution in [1.82, 2.24) is 9.38 Å². The van der Waals surface area contributed by atoms with E-state index in [9.17, 15) is 0 Å². The molecule has 0 aliphatic carbocycles. The zero-order chi connectivity index (χ0) is 18.5. The lowest BCUT2D eigenvalue weighted by atomic mass is 9.78. The van der Waals surface area contributed by atoms with Crippen LogP contribution in [0.25, 0.3) is 16.6 Å². The third-order valence-corrected chi connectivity index (χ3v) is 5.25. The predicted molar refractivity (Wildman–Crippen MR) is 107 cm³/mol. The van der Waals surface area contributed by atoms with Gasteiger partial charge < -0.3 is 8.82 Å². The lowest BCUT2D eigenvalue weighted by Crippen LogP contribution is -2.21. The van der Waals surface area contributed by atoms with Gasteiger partial charge in [-0.25, -0.2) is 4.98 Å². The molecule has 0 fully saturated rings. The minimum absolute atomic E-state index is 0.0129. The molecule has 0 aliphatic rings. The molecule has 0 spiro atoms. The largest absolute Gasteiger partial charge is 0.443 e. The van der Waals surface area contributed by atoms with Crippen molar-refractivity contribution in [3.05, 3.63) is 71.9 Å². The van der Waals surface area contributed by atoms with Gasteiger partial charge in [0.15, 0.2) is 12.0 Å². The molecule has 0 amide bonds. The summed E-state index contributed by atoms with van der Waals surface area (Å²) >= 11 is 0. The number of nitrogens with zero attached hydrogens (tertiary/aromatic N) is 2. The van der Waals surface area contributed by atoms with Crippen LogP contribution >= 0.6 is 0 Å². The van der Waals surface area contributed by atoms with Crippen molar-refractivity contribution >= 4 is 16.6 Å². The maximum absolute atomic E-state index is 5.65. The van der Waals surface area contributed by atoms with E-state index in [-0.39, 0.29) is 10.8 Å². The molecule has 0 atom stereocenters. The second-order valence-electron chi connectivity index (χ2n) is 8.88. The molecule has 0 bridgehead atoms. The molecule has 1 aromatic carbocycles. The highest BCUT2D eigenvalue weighted by molar-refractivity contribution is 5.78. The summed E-state index contributed by atoms with van der Waals surface area (Å²) in [6.07, 6.45) is 6.75. The first-order valence-electron chi connectivity index (χ1n) is 9.18. The minimum atomic E-state index is 0.0129. The van der Waals surface area contributed by atoms with E-state index in [0.29, 0.717) is 0 Å². The second kappa shape index (κ2) is 5.73. The van der Waals surface area contributed by atoms with Crippen LogP contribution in [0.1, 0.15) is 51.3 Å². The molecule has 0 saturated heterocycles. The fraction of sp³-hybridized carbons (Fsp3) is 0.348. The van der Waals surface area contributed by atoms with Crippen LogP contribution in [0.15, 0.2) is 59.6 Å². The zero-order valence-electron chi connectivity index (χ0n) is 16.2. The molecule has 0 N–H and O–H groups in total. The Balaban J connectivity index is 1.79. The highest BCUT2D eigenvalue weighted by Crippen LogP contribution is 2.35. The normalized spacial score (nSPS) is 13.0. The molecule has 3 heteroatoms. The maximum Gasteiger partial charge on any atom is 0.181 e. The summed E-state index contributed by atoms with van der Waals surface area (Å²) in [5.41, 5.74) is 7.08. The quantitative estimate of drug-likeness (QED) is 0.462. The second-order valence-corrected chi connectivity index (χ2v) is 8.88. The number of aromatic nitrogens is 2. The van der Waals surface area contributed by atoms with Gasteiger partial charge in [-0.3, -0.25) is 0 Å². The molecule has 134 valence electrons. The van der Waals surface area contributed by atoms with Gasteiger partial charge in [0, 0.05) is 17.9 Å². The average molecular weight is 346 g/mol. The Morgan fingerprint density at radius 3 is 2.54 bits per heavy atom. The molecular formula is C23H26N2O. The molecule has 3 aromatic heterocycles. The fourth-order valence-electron chi connectivity index (χ4n) is 3.93. The first kappa shape index (κ1) is 16.9. The average Bonchev–Trinajstić information content (AvgIpc) is 3.19. The molecule has 26 heavy (non-hydrogen) atoms. The molecule has 3 nitrogen and oxygen atoms in total. The van der Waals surface area contributed by atoms with Crippen LogP contribution in [0.5, 0.6) is 0 Å². The van der Waals surface area contributed by atoms with Crippen molar-refractivity contribution in [3.8, 4) is 0 Å². The molecule has 0 aliphatic heterocycles. The molecule has 0 unspecified atom stereocenters. The van der Waals surface area contributed by atoms with Gasteiger partial charge in [0.2, 0.25) is 0 Å². The Kier molecular flexibility index (Phi) is 3.72. The standard InChI is InChI=1S/C23H26N2O/c1-22(2,3)18-12-16(13-20-21(18)24-15-26-20)14-23(4,5)17-9-11-25-10-7-6-8-19(17)25/h6-13,15H,14H2,1-5H3. The topological polar surface area (TPSA) is 30.4 Å². The van der Waals surface area contributed by atoms with Crippen LogP contribution in [-0.2, 0) is 17.3 Å². The van der Waals surface area contributed by atoms with Crippen LogP contribution in [0.4, 0.5) is 0 Å². The molecule has 0 saturated carbocycles. The molecule has 4 aromatic rings.